The van der Waals surface area contributed by atoms with Crippen molar-refractivity contribution in [1.82, 2.24) is 19.9 Å². The number of rotatable bonds is 5. The van der Waals surface area contributed by atoms with Crippen LogP contribution in [0.1, 0.15) is 72.1 Å². The highest BCUT2D eigenvalue weighted by atomic mass is 16.4. The van der Waals surface area contributed by atoms with E-state index in [0.717, 1.165) is 88.7 Å². The number of carboxylic acid groups (broad SMARTS) is 1. The average molecular weight is 703 g/mol. The van der Waals surface area contributed by atoms with Gasteiger partial charge in [-0.25, -0.2) is 4.79 Å². The lowest BCUT2D eigenvalue weighted by molar-refractivity contribution is 0.0697. The van der Waals surface area contributed by atoms with Crippen molar-refractivity contribution in [1.29, 1.82) is 0 Å². The summed E-state index contributed by atoms with van der Waals surface area (Å²) in [6.45, 7) is 6.31. The van der Waals surface area contributed by atoms with Gasteiger partial charge in [0, 0.05) is 66.5 Å². The van der Waals surface area contributed by atoms with Crippen molar-refractivity contribution in [2.24, 2.45) is 0 Å². The van der Waals surface area contributed by atoms with Crippen molar-refractivity contribution in [3.63, 3.8) is 0 Å². The Bertz CT molecular complexity index is 2950. The van der Waals surface area contributed by atoms with Crippen molar-refractivity contribution < 1.29 is 9.90 Å². The third-order valence-corrected chi connectivity index (χ3v) is 10.3. The molecule has 54 heavy (non-hydrogen) atoms. The molecule has 0 amide bonds. The van der Waals surface area contributed by atoms with Gasteiger partial charge in [-0.2, -0.15) is 0 Å². The van der Waals surface area contributed by atoms with Crippen LogP contribution < -0.4 is 21.4 Å². The maximum atomic E-state index is 11.8. The van der Waals surface area contributed by atoms with Crippen LogP contribution in [0.5, 0.6) is 0 Å². The van der Waals surface area contributed by atoms with Gasteiger partial charge in [0.2, 0.25) is 0 Å². The maximum Gasteiger partial charge on any atom is 0.335 e. The fourth-order valence-electron chi connectivity index (χ4n) is 7.51. The molecule has 262 valence electrons. The molecule has 0 radical (unpaired) electrons. The molecular formula is C48H38N4O2. The van der Waals surface area contributed by atoms with Gasteiger partial charge in [-0.15, -0.1) is 0 Å². The Labute approximate surface area is 312 Å². The predicted molar refractivity (Wildman–Crippen MR) is 215 cm³/mol. The fourth-order valence-corrected chi connectivity index (χ4v) is 7.51. The lowest BCUT2D eigenvalue weighted by Crippen LogP contribution is -2.19. The first-order chi connectivity index (χ1) is 26.3. The Morgan fingerprint density at radius 1 is 0.352 bits per heavy atom. The number of aryl methyl sites for hydroxylation is 3. The van der Waals surface area contributed by atoms with Crippen molar-refractivity contribution in [2.75, 3.05) is 0 Å². The van der Waals surface area contributed by atoms with Gasteiger partial charge in [0.1, 0.15) is 0 Å². The molecule has 1 aliphatic heterocycles. The molecule has 8 aromatic rings. The highest BCUT2D eigenvalue weighted by molar-refractivity contribution is 5.89. The van der Waals surface area contributed by atoms with Crippen LogP contribution in [-0.4, -0.2) is 31.0 Å². The second-order valence-electron chi connectivity index (χ2n) is 14.1. The summed E-state index contributed by atoms with van der Waals surface area (Å²) in [6, 6.07) is 50.2. The number of hydrogen-bond acceptors (Lipinski definition) is 1. The summed E-state index contributed by atoms with van der Waals surface area (Å²) in [4.78, 5) is 27.1. The summed E-state index contributed by atoms with van der Waals surface area (Å²) in [5, 5.41) is 13.5. The maximum absolute atomic E-state index is 11.8. The zero-order chi connectivity index (χ0) is 36.9. The van der Waals surface area contributed by atoms with Crippen LogP contribution in [0.25, 0.3) is 22.3 Å². The number of hydrogen-bond donors (Lipinski definition) is 5. The molecule has 4 aromatic carbocycles. The van der Waals surface area contributed by atoms with Crippen LogP contribution in [0.15, 0.2) is 146 Å². The van der Waals surface area contributed by atoms with Crippen LogP contribution in [0.4, 0.5) is 0 Å². The van der Waals surface area contributed by atoms with E-state index in [4.69, 9.17) is 0 Å². The van der Waals surface area contributed by atoms with Gasteiger partial charge in [0.25, 0.3) is 0 Å². The molecular weight excluding hydrogens is 665 g/mol. The Balaban J connectivity index is 1.42. The summed E-state index contributed by atoms with van der Waals surface area (Å²) in [5.74, 6) is -0.957. The minimum Gasteiger partial charge on any atom is -0.478 e. The SMILES string of the molecule is Cc1ccc(C2=c3ccc([nH]3)=C(c3ccc(C)cc3)c3ccc([nH]3)C(c3ccc(C(=O)O)cc3)=c3ccc([nH]3)=C(c3ccc(C)cc3)c3ccc2[nH]3)cc1. The van der Waals surface area contributed by atoms with E-state index in [1.165, 1.54) is 16.7 Å². The van der Waals surface area contributed by atoms with E-state index in [-0.39, 0.29) is 5.56 Å². The van der Waals surface area contributed by atoms with E-state index in [9.17, 15) is 9.90 Å². The van der Waals surface area contributed by atoms with Gasteiger partial charge in [-0.1, -0.05) is 102 Å². The molecule has 0 aliphatic carbocycles. The number of carbonyl (C=O) groups is 1. The van der Waals surface area contributed by atoms with Crippen molar-refractivity contribution >= 4 is 28.3 Å². The van der Waals surface area contributed by atoms with E-state index in [1.54, 1.807) is 12.1 Å². The fraction of sp³-hybridized carbons (Fsp3) is 0.0625. The standard InChI is InChI=1S/C48H38N4O2/c1-28-4-10-31(11-5-28)44-36-20-22-38(49-36)45(32-12-6-29(2)7-13-32)40-24-26-42(51-40)47(34-16-18-35(19-17-34)48(53)54)43-27-25-41(52-43)46(39-23-21-37(44)50-39)33-14-8-30(3)9-15-33/h4-27,49-52H,1-3H3,(H,53,54). The Morgan fingerprint density at radius 2 is 0.611 bits per heavy atom. The highest BCUT2D eigenvalue weighted by Gasteiger charge is 2.18. The molecule has 5 heterocycles. The smallest absolute Gasteiger partial charge is 0.335 e. The molecule has 0 fully saturated rings. The average Bonchev–Trinajstić information content (AvgIpc) is 4.02. The number of aromatic nitrogens is 4. The number of fused-ring (bicyclic) bond motifs is 8. The largest absolute Gasteiger partial charge is 0.478 e. The molecule has 0 saturated carbocycles. The highest BCUT2D eigenvalue weighted by Crippen LogP contribution is 2.28. The number of aromatic amines is 4. The number of carboxylic acids is 1. The lowest BCUT2D eigenvalue weighted by atomic mass is 10.0. The summed E-state index contributed by atoms with van der Waals surface area (Å²) in [5.41, 5.74) is 15.9. The molecule has 1 aliphatic rings. The Morgan fingerprint density at radius 3 is 0.870 bits per heavy atom. The topological polar surface area (TPSA) is 100 Å². The molecule has 6 heteroatoms. The zero-order valence-electron chi connectivity index (χ0n) is 30.2. The van der Waals surface area contributed by atoms with E-state index >= 15 is 0 Å². The molecule has 0 spiro atoms. The summed E-state index contributed by atoms with van der Waals surface area (Å²) in [6.07, 6.45) is 0. The van der Waals surface area contributed by atoms with Crippen LogP contribution in [0.2, 0.25) is 0 Å². The van der Waals surface area contributed by atoms with Gasteiger partial charge in [-0.05, 0) is 104 Å². The second-order valence-corrected chi connectivity index (χ2v) is 14.1. The van der Waals surface area contributed by atoms with E-state index in [0.29, 0.717) is 0 Å². The predicted octanol–water partition coefficient (Wildman–Crippen LogP) is 6.93. The molecule has 4 aromatic heterocycles. The van der Waals surface area contributed by atoms with Crippen molar-refractivity contribution in [3.05, 3.63) is 234 Å². The molecule has 0 unspecified atom stereocenters. The summed E-state index contributed by atoms with van der Waals surface area (Å²) >= 11 is 0. The minimum absolute atomic E-state index is 0.240. The molecule has 5 N–H and O–H groups in total. The summed E-state index contributed by atoms with van der Waals surface area (Å²) < 4.78 is 0. The van der Waals surface area contributed by atoms with E-state index in [2.05, 4.69) is 162 Å². The quantitative estimate of drug-likeness (QED) is 0.135. The van der Waals surface area contributed by atoms with Gasteiger partial charge in [-0.3, -0.25) is 0 Å². The third-order valence-electron chi connectivity index (χ3n) is 10.3. The minimum atomic E-state index is -0.957. The van der Waals surface area contributed by atoms with Crippen molar-refractivity contribution in [3.8, 4) is 0 Å². The molecule has 9 rings (SSSR count). The number of nitrogens with one attached hydrogen (secondary N) is 4. The summed E-state index contributed by atoms with van der Waals surface area (Å²) in [7, 11) is 0. The number of H-pyrrole nitrogens is 4. The molecule has 6 nitrogen and oxygen atoms in total. The van der Waals surface area contributed by atoms with E-state index < -0.39 is 5.97 Å². The Hall–Kier alpha value is -7.05. The Kier molecular flexibility index (Phi) is 8.01. The molecule has 0 atom stereocenters. The van der Waals surface area contributed by atoms with Crippen LogP contribution in [-0.2, 0) is 0 Å². The van der Waals surface area contributed by atoms with Gasteiger partial charge in [0.05, 0.1) is 5.56 Å². The lowest BCUT2D eigenvalue weighted by Gasteiger charge is -2.10. The van der Waals surface area contributed by atoms with Crippen LogP contribution in [0, 0.1) is 20.8 Å². The molecule has 0 saturated heterocycles. The van der Waals surface area contributed by atoms with E-state index in [1.807, 2.05) is 12.1 Å². The monoisotopic (exact) mass is 702 g/mol. The van der Waals surface area contributed by atoms with Crippen molar-refractivity contribution in [2.45, 2.75) is 20.8 Å². The van der Waals surface area contributed by atoms with Crippen LogP contribution >= 0.6 is 0 Å². The first kappa shape index (κ1) is 32.8. The van der Waals surface area contributed by atoms with Gasteiger partial charge in [0.15, 0.2) is 0 Å². The second kappa shape index (κ2) is 13.2. The van der Waals surface area contributed by atoms with Gasteiger partial charge >= 0.3 is 5.97 Å². The van der Waals surface area contributed by atoms with Gasteiger partial charge < -0.3 is 25.0 Å². The zero-order valence-corrected chi connectivity index (χ0v) is 30.2. The first-order valence-corrected chi connectivity index (χ1v) is 18.1. The normalized spacial score (nSPS) is 12.7. The number of aromatic carboxylic acids is 1. The first-order valence-electron chi connectivity index (χ1n) is 18.1. The number of benzene rings is 4. The van der Waals surface area contributed by atoms with Crippen LogP contribution in [0.3, 0.4) is 0 Å². The third kappa shape index (κ3) is 5.94. The molecule has 8 bridgehead atoms.